The van der Waals surface area contributed by atoms with Crippen molar-refractivity contribution < 1.29 is 4.79 Å². The van der Waals surface area contributed by atoms with E-state index < -0.39 is 0 Å². The molecule has 0 aromatic carbocycles. The third kappa shape index (κ3) is 2.71. The number of carbonyl (C=O) groups excluding carboxylic acids is 1. The van der Waals surface area contributed by atoms with Gasteiger partial charge in [-0.3, -0.25) is 4.79 Å². The molecule has 3 heteroatoms. The number of nitrogens with zero attached hydrogens (tertiary/aromatic N) is 1. The van der Waals surface area contributed by atoms with Crippen LogP contribution in [0.5, 0.6) is 0 Å². The summed E-state index contributed by atoms with van der Waals surface area (Å²) in [6.07, 6.45) is 9.46. The summed E-state index contributed by atoms with van der Waals surface area (Å²) in [5.74, 6) is 1.19. The first kappa shape index (κ1) is 13.9. The monoisotopic (exact) mass is 252 g/mol. The van der Waals surface area contributed by atoms with Gasteiger partial charge in [0.25, 0.3) is 0 Å². The van der Waals surface area contributed by atoms with E-state index in [1.165, 1.54) is 38.5 Å². The maximum absolute atomic E-state index is 12.6. The lowest BCUT2D eigenvalue weighted by Gasteiger charge is -2.42. The molecule has 1 atom stereocenters. The zero-order valence-corrected chi connectivity index (χ0v) is 11.8. The molecule has 18 heavy (non-hydrogen) atoms. The van der Waals surface area contributed by atoms with E-state index in [1.54, 1.807) is 0 Å². The van der Waals surface area contributed by atoms with Crippen LogP contribution < -0.4 is 5.73 Å². The topological polar surface area (TPSA) is 46.3 Å². The molecule has 2 rings (SSSR count). The Morgan fingerprint density at radius 3 is 2.61 bits per heavy atom. The van der Waals surface area contributed by atoms with Gasteiger partial charge in [0.05, 0.1) is 5.41 Å². The SMILES string of the molecule is CCCC1CCCN(C(=O)C2(CN)CCC2)CC1. The van der Waals surface area contributed by atoms with Gasteiger partial charge in [0.1, 0.15) is 0 Å². The number of likely N-dealkylation sites (tertiary alicyclic amines) is 1. The summed E-state index contributed by atoms with van der Waals surface area (Å²) in [4.78, 5) is 14.7. The molecule has 0 spiro atoms. The molecule has 1 aliphatic heterocycles. The van der Waals surface area contributed by atoms with Crippen molar-refractivity contribution in [2.24, 2.45) is 17.1 Å². The first-order valence-electron chi connectivity index (χ1n) is 7.71. The van der Waals surface area contributed by atoms with Crippen molar-refractivity contribution in [2.75, 3.05) is 19.6 Å². The van der Waals surface area contributed by atoms with E-state index in [9.17, 15) is 4.79 Å². The molecule has 0 radical (unpaired) electrons. The first-order valence-corrected chi connectivity index (χ1v) is 7.71. The second kappa shape index (κ2) is 6.05. The van der Waals surface area contributed by atoms with Crippen LogP contribution in [0.4, 0.5) is 0 Å². The predicted molar refractivity (Wildman–Crippen MR) is 74.2 cm³/mol. The third-order valence-corrected chi connectivity index (χ3v) is 4.99. The van der Waals surface area contributed by atoms with Crippen LogP contribution in [-0.2, 0) is 4.79 Å². The fraction of sp³-hybridized carbons (Fsp3) is 0.933. The molecule has 2 fully saturated rings. The van der Waals surface area contributed by atoms with Gasteiger partial charge in [0.2, 0.25) is 5.91 Å². The lowest BCUT2D eigenvalue weighted by molar-refractivity contribution is -0.146. The smallest absolute Gasteiger partial charge is 0.230 e. The van der Waals surface area contributed by atoms with Crippen molar-refractivity contribution >= 4 is 5.91 Å². The van der Waals surface area contributed by atoms with Crippen molar-refractivity contribution in [2.45, 2.75) is 58.3 Å². The molecule has 0 aromatic rings. The summed E-state index contributed by atoms with van der Waals surface area (Å²) >= 11 is 0. The molecule has 1 saturated carbocycles. The summed E-state index contributed by atoms with van der Waals surface area (Å²) < 4.78 is 0. The van der Waals surface area contributed by atoms with Gasteiger partial charge in [0.15, 0.2) is 0 Å². The predicted octanol–water partition coefficient (Wildman–Crippen LogP) is 2.54. The summed E-state index contributed by atoms with van der Waals surface area (Å²) in [5, 5.41) is 0. The van der Waals surface area contributed by atoms with E-state index in [0.29, 0.717) is 12.5 Å². The summed E-state index contributed by atoms with van der Waals surface area (Å²) in [6, 6.07) is 0. The Morgan fingerprint density at radius 1 is 1.28 bits per heavy atom. The average Bonchev–Trinajstić information content (AvgIpc) is 2.54. The standard InChI is InChI=1S/C15H28N2O/c1-2-5-13-6-3-10-17(11-7-13)14(18)15(12-16)8-4-9-15/h13H,2-12,16H2,1H3. The minimum atomic E-state index is -0.176. The number of rotatable bonds is 4. The van der Waals surface area contributed by atoms with Crippen LogP contribution in [0.1, 0.15) is 58.3 Å². The van der Waals surface area contributed by atoms with Gasteiger partial charge in [-0.25, -0.2) is 0 Å². The van der Waals surface area contributed by atoms with Crippen LogP contribution in [0.25, 0.3) is 0 Å². The second-order valence-electron chi connectivity index (χ2n) is 6.22. The van der Waals surface area contributed by atoms with Crippen LogP contribution in [-0.4, -0.2) is 30.4 Å². The quantitative estimate of drug-likeness (QED) is 0.836. The summed E-state index contributed by atoms with van der Waals surface area (Å²) in [6.45, 7) is 4.72. The Morgan fingerprint density at radius 2 is 2.06 bits per heavy atom. The number of hydrogen-bond acceptors (Lipinski definition) is 2. The molecule has 1 aliphatic carbocycles. The fourth-order valence-electron chi connectivity index (χ4n) is 3.51. The fourth-order valence-corrected chi connectivity index (χ4v) is 3.51. The van der Waals surface area contributed by atoms with E-state index in [2.05, 4.69) is 11.8 Å². The van der Waals surface area contributed by atoms with E-state index in [0.717, 1.165) is 31.8 Å². The summed E-state index contributed by atoms with van der Waals surface area (Å²) in [7, 11) is 0. The highest BCUT2D eigenvalue weighted by atomic mass is 16.2. The zero-order chi connectivity index (χ0) is 13.0. The lowest BCUT2D eigenvalue weighted by atomic mass is 9.68. The van der Waals surface area contributed by atoms with Crippen molar-refractivity contribution in [1.82, 2.24) is 4.90 Å². The number of nitrogens with two attached hydrogens (primary N) is 1. The molecule has 3 nitrogen and oxygen atoms in total. The van der Waals surface area contributed by atoms with E-state index >= 15 is 0 Å². The number of carbonyl (C=O) groups is 1. The van der Waals surface area contributed by atoms with E-state index in [-0.39, 0.29) is 5.41 Å². The van der Waals surface area contributed by atoms with E-state index in [4.69, 9.17) is 5.73 Å². The zero-order valence-electron chi connectivity index (χ0n) is 11.8. The van der Waals surface area contributed by atoms with Gasteiger partial charge in [-0.2, -0.15) is 0 Å². The molecule has 1 amide bonds. The molecule has 104 valence electrons. The normalized spacial score (nSPS) is 27.4. The average molecular weight is 252 g/mol. The van der Waals surface area contributed by atoms with E-state index in [1.807, 2.05) is 0 Å². The molecule has 1 heterocycles. The maximum atomic E-state index is 12.6. The van der Waals surface area contributed by atoms with Crippen molar-refractivity contribution in [3.05, 3.63) is 0 Å². The Balaban J connectivity index is 1.91. The van der Waals surface area contributed by atoms with Crippen LogP contribution >= 0.6 is 0 Å². The van der Waals surface area contributed by atoms with Gasteiger partial charge < -0.3 is 10.6 Å². The van der Waals surface area contributed by atoms with Crippen LogP contribution in [0.2, 0.25) is 0 Å². The molecule has 2 aliphatic rings. The molecule has 0 aromatic heterocycles. The Hall–Kier alpha value is -0.570. The Labute approximate surface area is 111 Å². The second-order valence-corrected chi connectivity index (χ2v) is 6.22. The van der Waals surface area contributed by atoms with Gasteiger partial charge >= 0.3 is 0 Å². The maximum Gasteiger partial charge on any atom is 0.230 e. The highest BCUT2D eigenvalue weighted by Crippen LogP contribution is 2.42. The van der Waals surface area contributed by atoms with Gasteiger partial charge in [-0.1, -0.05) is 26.2 Å². The van der Waals surface area contributed by atoms with Crippen LogP contribution in [0.3, 0.4) is 0 Å². The minimum absolute atomic E-state index is 0.176. The van der Waals surface area contributed by atoms with Crippen molar-refractivity contribution in [3.63, 3.8) is 0 Å². The summed E-state index contributed by atoms with van der Waals surface area (Å²) in [5.41, 5.74) is 5.67. The van der Waals surface area contributed by atoms with Crippen molar-refractivity contribution in [3.8, 4) is 0 Å². The highest BCUT2D eigenvalue weighted by molar-refractivity contribution is 5.84. The highest BCUT2D eigenvalue weighted by Gasteiger charge is 2.45. The van der Waals surface area contributed by atoms with Gasteiger partial charge in [-0.15, -0.1) is 0 Å². The molecule has 0 bridgehead atoms. The molecular weight excluding hydrogens is 224 g/mol. The number of amides is 1. The van der Waals surface area contributed by atoms with Crippen LogP contribution in [0, 0.1) is 11.3 Å². The molecule has 1 saturated heterocycles. The molecule has 2 N–H and O–H groups in total. The van der Waals surface area contributed by atoms with Gasteiger partial charge in [0, 0.05) is 19.6 Å². The first-order chi connectivity index (χ1) is 8.72. The Bertz CT molecular complexity index is 281. The minimum Gasteiger partial charge on any atom is -0.342 e. The molecule has 1 unspecified atom stereocenters. The van der Waals surface area contributed by atoms with Gasteiger partial charge in [-0.05, 0) is 38.0 Å². The Kier molecular flexibility index (Phi) is 4.66. The largest absolute Gasteiger partial charge is 0.342 e. The van der Waals surface area contributed by atoms with Crippen molar-refractivity contribution in [1.29, 1.82) is 0 Å². The molecular formula is C15H28N2O. The number of hydrogen-bond donors (Lipinski definition) is 1. The van der Waals surface area contributed by atoms with Crippen LogP contribution in [0.15, 0.2) is 0 Å². The third-order valence-electron chi connectivity index (χ3n) is 4.99. The lowest BCUT2D eigenvalue weighted by Crippen LogP contribution is -2.52.